The summed E-state index contributed by atoms with van der Waals surface area (Å²) in [7, 11) is 1.37. The molecule has 1 atom stereocenters. The van der Waals surface area contributed by atoms with Gasteiger partial charge in [0.2, 0.25) is 0 Å². The molecule has 9 heteroatoms. The summed E-state index contributed by atoms with van der Waals surface area (Å²) in [4.78, 5) is 27.7. The number of esters is 1. The van der Waals surface area contributed by atoms with Gasteiger partial charge < -0.3 is 10.1 Å². The number of carbonyl (C=O) groups is 2. The van der Waals surface area contributed by atoms with E-state index in [1.807, 2.05) is 59.1 Å². The Labute approximate surface area is 183 Å². The maximum atomic E-state index is 13.1. The van der Waals surface area contributed by atoms with E-state index in [1.165, 1.54) is 18.9 Å². The average molecular weight is 436 g/mol. The number of hydrogen-bond acceptors (Lipinski definition) is 6. The average Bonchev–Trinajstić information content (AvgIpc) is 3.56. The number of nitrogens with one attached hydrogen (secondary N) is 1. The molecule has 0 radical (unpaired) electrons. The van der Waals surface area contributed by atoms with Crippen LogP contribution in [-0.2, 0) is 9.53 Å². The van der Waals surface area contributed by atoms with Crippen molar-refractivity contribution in [1.82, 2.24) is 24.8 Å². The highest BCUT2D eigenvalue weighted by atomic mass is 32.2. The van der Waals surface area contributed by atoms with Crippen LogP contribution < -0.4 is 5.32 Å². The van der Waals surface area contributed by atoms with Crippen LogP contribution in [0.25, 0.3) is 5.65 Å². The normalized spacial score (nSPS) is 18.9. The number of amides is 2. The maximum absolute atomic E-state index is 13.1. The molecular weight excluding hydrogens is 414 g/mol. The van der Waals surface area contributed by atoms with Crippen molar-refractivity contribution in [3.05, 3.63) is 71.6 Å². The smallest absolute Gasteiger partial charge is 0.338 e. The third-order valence-electron chi connectivity index (χ3n) is 5.45. The Morgan fingerprint density at radius 1 is 1.16 bits per heavy atom. The lowest BCUT2D eigenvalue weighted by molar-refractivity contribution is -0.136. The number of rotatable bonds is 6. The number of aromatic nitrogens is 3. The molecule has 1 fully saturated rings. The largest absolute Gasteiger partial charge is 0.466 e. The van der Waals surface area contributed by atoms with Crippen LogP contribution in [-0.4, -0.2) is 50.4 Å². The number of hydrogen-bond donors (Lipinski definition) is 1. The minimum Gasteiger partial charge on any atom is -0.466 e. The van der Waals surface area contributed by atoms with Crippen molar-refractivity contribution in [2.24, 2.45) is 0 Å². The van der Waals surface area contributed by atoms with Crippen LogP contribution >= 0.6 is 11.8 Å². The molecule has 1 saturated carbocycles. The zero-order chi connectivity index (χ0) is 21.4. The van der Waals surface area contributed by atoms with Crippen LogP contribution in [0.15, 0.2) is 71.2 Å². The number of urea groups is 1. The molecule has 1 aromatic carbocycles. The molecule has 31 heavy (non-hydrogen) atoms. The molecule has 3 heterocycles. The van der Waals surface area contributed by atoms with E-state index in [0.29, 0.717) is 22.2 Å². The molecule has 1 aliphatic heterocycles. The topological polar surface area (TPSA) is 88.8 Å². The molecule has 2 aromatic heterocycles. The van der Waals surface area contributed by atoms with E-state index in [9.17, 15) is 9.59 Å². The first kappa shape index (κ1) is 19.6. The summed E-state index contributed by atoms with van der Waals surface area (Å²) in [6.45, 7) is 0. The van der Waals surface area contributed by atoms with Crippen molar-refractivity contribution >= 4 is 29.4 Å². The summed E-state index contributed by atoms with van der Waals surface area (Å²) in [6, 6.07) is 14.5. The van der Waals surface area contributed by atoms with Gasteiger partial charge in [-0.05, 0) is 30.5 Å². The monoisotopic (exact) mass is 435 g/mol. The standard InChI is InChI=1S/C22H21N5O3S/c1-30-20(28)18-16(13-31-22-25-24-17-9-5-6-12-26(17)22)27(15-10-11-15)21(29)23-19(18)14-7-3-2-4-8-14/h2-9,12,15,19H,10-11,13H2,1H3,(H,23,29)/t19-/m0/s1. The summed E-state index contributed by atoms with van der Waals surface area (Å²) in [5, 5.41) is 12.2. The second-order valence-corrected chi connectivity index (χ2v) is 8.39. The quantitative estimate of drug-likeness (QED) is 0.473. The van der Waals surface area contributed by atoms with Gasteiger partial charge in [-0.15, -0.1) is 10.2 Å². The molecule has 158 valence electrons. The van der Waals surface area contributed by atoms with Crippen molar-refractivity contribution < 1.29 is 14.3 Å². The highest BCUT2D eigenvalue weighted by Crippen LogP contribution is 2.39. The minimum absolute atomic E-state index is 0.0992. The van der Waals surface area contributed by atoms with E-state index in [4.69, 9.17) is 4.74 Å². The second kappa shape index (κ2) is 8.07. The number of nitrogens with zero attached hydrogens (tertiary/aromatic N) is 4. The van der Waals surface area contributed by atoms with Crippen LogP contribution in [0.1, 0.15) is 24.4 Å². The van der Waals surface area contributed by atoms with E-state index < -0.39 is 12.0 Å². The van der Waals surface area contributed by atoms with Gasteiger partial charge >= 0.3 is 12.0 Å². The number of thioether (sulfide) groups is 1. The Hall–Kier alpha value is -3.33. The third-order valence-corrected chi connectivity index (χ3v) is 6.40. The summed E-state index contributed by atoms with van der Waals surface area (Å²) in [6.07, 6.45) is 3.73. The molecule has 5 rings (SSSR count). The van der Waals surface area contributed by atoms with Gasteiger partial charge in [0.1, 0.15) is 0 Å². The van der Waals surface area contributed by atoms with Gasteiger partial charge in [-0.3, -0.25) is 9.30 Å². The van der Waals surface area contributed by atoms with Crippen molar-refractivity contribution in [2.45, 2.75) is 30.1 Å². The van der Waals surface area contributed by atoms with Gasteiger partial charge in [-0.1, -0.05) is 48.2 Å². The van der Waals surface area contributed by atoms with E-state index >= 15 is 0 Å². The molecule has 0 bridgehead atoms. The Morgan fingerprint density at radius 2 is 1.94 bits per heavy atom. The predicted octanol–water partition coefficient (Wildman–Crippen LogP) is 3.18. The van der Waals surface area contributed by atoms with Gasteiger partial charge in [0, 0.05) is 23.7 Å². The highest BCUT2D eigenvalue weighted by Gasteiger charge is 2.44. The third kappa shape index (κ3) is 3.65. The van der Waals surface area contributed by atoms with Crippen molar-refractivity contribution in [1.29, 1.82) is 0 Å². The van der Waals surface area contributed by atoms with Gasteiger partial charge in [0.15, 0.2) is 10.8 Å². The number of pyridine rings is 1. The summed E-state index contributed by atoms with van der Waals surface area (Å²) < 4.78 is 7.04. The molecule has 1 N–H and O–H groups in total. The molecule has 0 saturated heterocycles. The Bertz CT molecular complexity index is 1170. The molecule has 8 nitrogen and oxygen atoms in total. The van der Waals surface area contributed by atoms with Crippen molar-refractivity contribution in [3.8, 4) is 0 Å². The molecule has 0 unspecified atom stereocenters. The van der Waals surface area contributed by atoms with E-state index in [2.05, 4.69) is 15.5 Å². The fraction of sp³-hybridized carbons (Fsp3) is 0.273. The summed E-state index contributed by atoms with van der Waals surface area (Å²) in [5.41, 5.74) is 2.71. The highest BCUT2D eigenvalue weighted by molar-refractivity contribution is 7.99. The lowest BCUT2D eigenvalue weighted by atomic mass is 9.95. The number of ether oxygens (including phenoxy) is 1. The number of fused-ring (bicyclic) bond motifs is 1. The van der Waals surface area contributed by atoms with E-state index in [-0.39, 0.29) is 12.1 Å². The van der Waals surface area contributed by atoms with Crippen LogP contribution in [0.4, 0.5) is 4.79 Å². The SMILES string of the molecule is COC(=O)C1=C(CSc2nnc3ccccn23)N(C2CC2)C(=O)N[C@H]1c1ccccc1. The Kier molecular flexibility index (Phi) is 5.11. The first-order chi connectivity index (χ1) is 15.2. The molecule has 0 spiro atoms. The number of methoxy groups -OCH3 is 1. The Morgan fingerprint density at radius 3 is 2.68 bits per heavy atom. The lowest BCUT2D eigenvalue weighted by Crippen LogP contribution is -2.50. The van der Waals surface area contributed by atoms with Crippen LogP contribution in [0.3, 0.4) is 0 Å². The zero-order valence-electron chi connectivity index (χ0n) is 16.9. The van der Waals surface area contributed by atoms with Gasteiger partial charge in [-0.2, -0.15) is 0 Å². The van der Waals surface area contributed by atoms with Crippen molar-refractivity contribution in [3.63, 3.8) is 0 Å². The minimum atomic E-state index is -0.568. The first-order valence-corrected chi connectivity index (χ1v) is 11.0. The van der Waals surface area contributed by atoms with Crippen molar-refractivity contribution in [2.75, 3.05) is 12.9 Å². The summed E-state index contributed by atoms with van der Waals surface area (Å²) >= 11 is 1.44. The molecular formula is C22H21N5O3S. The van der Waals surface area contributed by atoms with E-state index in [1.54, 1.807) is 4.90 Å². The molecule has 2 aliphatic rings. The van der Waals surface area contributed by atoms with Gasteiger partial charge in [0.25, 0.3) is 0 Å². The van der Waals surface area contributed by atoms with Gasteiger partial charge in [-0.25, -0.2) is 9.59 Å². The van der Waals surface area contributed by atoms with Gasteiger partial charge in [0.05, 0.1) is 18.7 Å². The molecule has 3 aromatic rings. The number of carbonyl (C=O) groups excluding carboxylic acids is 2. The van der Waals surface area contributed by atoms with Crippen LogP contribution in [0.2, 0.25) is 0 Å². The van der Waals surface area contributed by atoms with Crippen LogP contribution in [0.5, 0.6) is 0 Å². The maximum Gasteiger partial charge on any atom is 0.338 e. The first-order valence-electron chi connectivity index (χ1n) is 10.1. The second-order valence-electron chi connectivity index (χ2n) is 7.45. The fourth-order valence-electron chi connectivity index (χ4n) is 3.84. The predicted molar refractivity (Wildman–Crippen MR) is 115 cm³/mol. The summed E-state index contributed by atoms with van der Waals surface area (Å²) in [5.74, 6) is -0.0471. The lowest BCUT2D eigenvalue weighted by Gasteiger charge is -2.36. The molecule has 2 amide bonds. The molecule has 1 aliphatic carbocycles. The fourth-order valence-corrected chi connectivity index (χ4v) is 4.79. The van der Waals surface area contributed by atoms with E-state index in [0.717, 1.165) is 24.1 Å². The van der Waals surface area contributed by atoms with Crippen LogP contribution in [0, 0.1) is 0 Å². The number of benzene rings is 1. The zero-order valence-corrected chi connectivity index (χ0v) is 17.7. The Balaban J connectivity index is 1.57.